The van der Waals surface area contributed by atoms with Crippen LogP contribution in [0.3, 0.4) is 0 Å². The van der Waals surface area contributed by atoms with Crippen molar-refractivity contribution in [3.8, 4) is 0 Å². The van der Waals surface area contributed by atoms with E-state index in [-0.39, 0.29) is 16.8 Å². The van der Waals surface area contributed by atoms with Gasteiger partial charge in [0, 0.05) is 18.2 Å². The fourth-order valence-corrected chi connectivity index (χ4v) is 3.64. The Labute approximate surface area is 126 Å². The Morgan fingerprint density at radius 3 is 2.62 bits per heavy atom. The number of piperidine rings is 1. The summed E-state index contributed by atoms with van der Waals surface area (Å²) < 4.78 is 23.1. The topological polar surface area (TPSA) is 80.5 Å². The molecule has 0 saturated carbocycles. The number of sulfonamides is 1. The van der Waals surface area contributed by atoms with Crippen molar-refractivity contribution in [2.75, 3.05) is 6.54 Å². The Hall–Kier alpha value is -1.40. The van der Waals surface area contributed by atoms with Gasteiger partial charge in [-0.2, -0.15) is 0 Å². The van der Waals surface area contributed by atoms with Crippen LogP contribution in [0.25, 0.3) is 0 Å². The zero-order chi connectivity index (χ0) is 15.8. The van der Waals surface area contributed by atoms with Crippen molar-refractivity contribution in [2.45, 2.75) is 44.6 Å². The van der Waals surface area contributed by atoms with Crippen LogP contribution in [0.1, 0.15) is 42.6 Å². The van der Waals surface area contributed by atoms with Crippen LogP contribution in [0, 0.1) is 12.8 Å². The molecule has 6 heteroatoms. The van der Waals surface area contributed by atoms with E-state index in [0.29, 0.717) is 23.6 Å². The molecular weight excluding hydrogens is 288 g/mol. The molecule has 1 amide bonds. The van der Waals surface area contributed by atoms with Gasteiger partial charge in [-0.25, -0.2) is 13.6 Å². The van der Waals surface area contributed by atoms with E-state index in [9.17, 15) is 13.2 Å². The van der Waals surface area contributed by atoms with Gasteiger partial charge in [0.25, 0.3) is 5.91 Å². The first-order chi connectivity index (χ1) is 9.71. The summed E-state index contributed by atoms with van der Waals surface area (Å²) >= 11 is 0. The largest absolute Gasteiger partial charge is 0.336 e. The lowest BCUT2D eigenvalue weighted by molar-refractivity contribution is 0.0551. The number of nitrogens with zero attached hydrogens (tertiary/aromatic N) is 1. The summed E-state index contributed by atoms with van der Waals surface area (Å²) in [6, 6.07) is 4.84. The van der Waals surface area contributed by atoms with Gasteiger partial charge in [-0.1, -0.05) is 13.0 Å². The molecule has 0 spiro atoms. The van der Waals surface area contributed by atoms with Gasteiger partial charge in [0.05, 0.1) is 4.90 Å². The summed E-state index contributed by atoms with van der Waals surface area (Å²) in [5, 5.41) is 5.20. The van der Waals surface area contributed by atoms with Gasteiger partial charge in [-0.05, 0) is 50.3 Å². The van der Waals surface area contributed by atoms with Gasteiger partial charge < -0.3 is 4.90 Å². The molecule has 0 aromatic heterocycles. The van der Waals surface area contributed by atoms with Crippen molar-refractivity contribution in [1.82, 2.24) is 4.90 Å². The van der Waals surface area contributed by atoms with Crippen molar-refractivity contribution in [3.63, 3.8) is 0 Å². The average Bonchev–Trinajstić information content (AvgIpc) is 2.40. The molecule has 2 unspecified atom stereocenters. The van der Waals surface area contributed by atoms with E-state index in [4.69, 9.17) is 5.14 Å². The van der Waals surface area contributed by atoms with Crippen molar-refractivity contribution in [2.24, 2.45) is 11.1 Å². The minimum Gasteiger partial charge on any atom is -0.336 e. The fourth-order valence-electron chi connectivity index (χ4n) is 2.83. The number of carbonyl (C=O) groups excluding carboxylic acids is 1. The molecule has 0 aliphatic carbocycles. The van der Waals surface area contributed by atoms with Gasteiger partial charge in [0.2, 0.25) is 10.0 Å². The van der Waals surface area contributed by atoms with E-state index in [1.807, 2.05) is 11.8 Å². The number of nitrogens with two attached hydrogens (primary N) is 1. The molecule has 1 heterocycles. The van der Waals surface area contributed by atoms with Crippen molar-refractivity contribution >= 4 is 15.9 Å². The van der Waals surface area contributed by atoms with Gasteiger partial charge in [0.1, 0.15) is 0 Å². The molecule has 1 aromatic carbocycles. The van der Waals surface area contributed by atoms with E-state index in [1.54, 1.807) is 19.1 Å². The summed E-state index contributed by atoms with van der Waals surface area (Å²) in [5.74, 6) is 0.324. The van der Waals surface area contributed by atoms with Crippen molar-refractivity contribution in [3.05, 3.63) is 29.3 Å². The van der Waals surface area contributed by atoms with Crippen LogP contribution in [-0.2, 0) is 10.0 Å². The maximum atomic E-state index is 12.6. The van der Waals surface area contributed by atoms with Crippen LogP contribution >= 0.6 is 0 Å². The molecule has 1 aliphatic heterocycles. The van der Waals surface area contributed by atoms with Gasteiger partial charge in [-0.3, -0.25) is 4.79 Å². The number of hydrogen-bond acceptors (Lipinski definition) is 3. The Morgan fingerprint density at radius 1 is 1.33 bits per heavy atom. The molecule has 0 bridgehead atoms. The Balaban J connectivity index is 2.36. The number of rotatable bonds is 2. The predicted molar refractivity (Wildman–Crippen MR) is 81.4 cm³/mol. The first kappa shape index (κ1) is 16.0. The Kier molecular flexibility index (Phi) is 4.39. The minimum atomic E-state index is -3.82. The molecule has 1 aliphatic rings. The number of primary sulfonamides is 1. The van der Waals surface area contributed by atoms with Crippen LogP contribution in [0.4, 0.5) is 0 Å². The number of aryl methyl sites for hydroxylation is 1. The predicted octanol–water partition coefficient (Wildman–Crippen LogP) is 1.90. The first-order valence-corrected chi connectivity index (χ1v) is 8.71. The molecular formula is C15H22N2O3S. The smallest absolute Gasteiger partial charge is 0.254 e. The van der Waals surface area contributed by atoms with E-state index < -0.39 is 10.0 Å². The minimum absolute atomic E-state index is 0.0195. The zero-order valence-corrected chi connectivity index (χ0v) is 13.5. The molecule has 1 aromatic rings. The normalized spacial score (nSPS) is 23.1. The van der Waals surface area contributed by atoms with E-state index in [2.05, 4.69) is 6.92 Å². The molecule has 2 atom stereocenters. The third-order valence-electron chi connectivity index (χ3n) is 4.38. The molecule has 2 rings (SSSR count). The summed E-state index contributed by atoms with van der Waals surface area (Å²) in [6.45, 7) is 6.55. The van der Waals surface area contributed by atoms with Gasteiger partial charge >= 0.3 is 0 Å². The Morgan fingerprint density at radius 2 is 2.00 bits per heavy atom. The quantitative estimate of drug-likeness (QED) is 0.906. The van der Waals surface area contributed by atoms with Gasteiger partial charge in [0.15, 0.2) is 0 Å². The molecule has 116 valence electrons. The summed E-state index contributed by atoms with van der Waals surface area (Å²) in [5.41, 5.74) is 0.930. The lowest BCUT2D eigenvalue weighted by atomic mass is 9.91. The summed E-state index contributed by atoms with van der Waals surface area (Å²) in [7, 11) is -3.82. The number of carbonyl (C=O) groups is 1. The molecule has 5 nitrogen and oxygen atoms in total. The lowest BCUT2D eigenvalue weighted by Crippen LogP contribution is -2.46. The second-order valence-corrected chi connectivity index (χ2v) is 7.41. The van der Waals surface area contributed by atoms with Crippen LogP contribution in [0.15, 0.2) is 23.1 Å². The van der Waals surface area contributed by atoms with E-state index in [1.165, 1.54) is 6.07 Å². The number of benzene rings is 1. The standard InChI is InChI=1S/C15H22N2O3S/c1-10-5-4-8-17(12(10)3)15(18)13-7-6-11(2)14(9-13)21(16,19)20/h6-7,9-10,12H,4-5,8H2,1-3H3,(H2,16,19,20). The number of likely N-dealkylation sites (tertiary alicyclic amines) is 1. The number of hydrogen-bond donors (Lipinski definition) is 1. The average molecular weight is 310 g/mol. The SMILES string of the molecule is Cc1ccc(C(=O)N2CCCC(C)C2C)cc1S(N)(=O)=O. The highest BCUT2D eigenvalue weighted by atomic mass is 32.2. The van der Waals surface area contributed by atoms with Crippen molar-refractivity contribution < 1.29 is 13.2 Å². The highest BCUT2D eigenvalue weighted by molar-refractivity contribution is 7.89. The lowest BCUT2D eigenvalue weighted by Gasteiger charge is -2.38. The second-order valence-electron chi connectivity index (χ2n) is 5.88. The Bertz CT molecular complexity index is 655. The summed E-state index contributed by atoms with van der Waals surface area (Å²) in [4.78, 5) is 14.5. The van der Waals surface area contributed by atoms with E-state index >= 15 is 0 Å². The summed E-state index contributed by atoms with van der Waals surface area (Å²) in [6.07, 6.45) is 2.09. The molecule has 0 radical (unpaired) electrons. The van der Waals surface area contributed by atoms with Crippen molar-refractivity contribution in [1.29, 1.82) is 0 Å². The molecule has 1 fully saturated rings. The van der Waals surface area contributed by atoms with E-state index in [0.717, 1.165) is 12.8 Å². The zero-order valence-electron chi connectivity index (χ0n) is 12.7. The van der Waals surface area contributed by atoms with Crippen LogP contribution in [-0.4, -0.2) is 31.8 Å². The first-order valence-electron chi connectivity index (χ1n) is 7.16. The van der Waals surface area contributed by atoms with Crippen LogP contribution < -0.4 is 5.14 Å². The third kappa shape index (κ3) is 3.27. The highest BCUT2D eigenvalue weighted by Gasteiger charge is 2.29. The maximum absolute atomic E-state index is 12.6. The van der Waals surface area contributed by atoms with Crippen LogP contribution in [0.2, 0.25) is 0 Å². The number of amides is 1. The highest BCUT2D eigenvalue weighted by Crippen LogP contribution is 2.25. The second kappa shape index (κ2) is 5.77. The van der Waals surface area contributed by atoms with Crippen LogP contribution in [0.5, 0.6) is 0 Å². The monoisotopic (exact) mass is 310 g/mol. The molecule has 2 N–H and O–H groups in total. The molecule has 21 heavy (non-hydrogen) atoms. The molecule has 1 saturated heterocycles. The van der Waals surface area contributed by atoms with Gasteiger partial charge in [-0.15, -0.1) is 0 Å². The third-order valence-corrected chi connectivity index (χ3v) is 5.43. The maximum Gasteiger partial charge on any atom is 0.254 e. The fraction of sp³-hybridized carbons (Fsp3) is 0.533.